The van der Waals surface area contributed by atoms with E-state index in [2.05, 4.69) is 44.0 Å². The first-order chi connectivity index (χ1) is 9.06. The monoisotopic (exact) mass is 403 g/mol. The smallest absolute Gasteiger partial charge is 0.134 e. The molecule has 0 aliphatic rings. The molecule has 1 unspecified atom stereocenters. The lowest BCUT2D eigenvalue weighted by molar-refractivity contribution is 0.307. The average molecular weight is 405 g/mol. The van der Waals surface area contributed by atoms with Crippen LogP contribution in [0.25, 0.3) is 0 Å². The standard InChI is InChI=1S/C14H15Br2NOS/c1-9(17)6-10-2-3-13(12(16)7-10)18-8-14-11(15)4-5-19-14/h2-5,7,9H,6,8,17H2,1H3. The van der Waals surface area contributed by atoms with Crippen LogP contribution in [0.15, 0.2) is 38.6 Å². The Kier molecular flexibility index (Phi) is 5.45. The molecule has 2 rings (SSSR count). The van der Waals surface area contributed by atoms with Crippen molar-refractivity contribution in [3.63, 3.8) is 0 Å². The average Bonchev–Trinajstić information content (AvgIpc) is 2.73. The summed E-state index contributed by atoms with van der Waals surface area (Å²) >= 11 is 8.73. The zero-order valence-electron chi connectivity index (χ0n) is 10.5. The van der Waals surface area contributed by atoms with Crippen LogP contribution in [0.3, 0.4) is 0 Å². The molecule has 0 fully saturated rings. The number of hydrogen-bond acceptors (Lipinski definition) is 3. The van der Waals surface area contributed by atoms with Crippen LogP contribution in [0, 0.1) is 0 Å². The Morgan fingerprint density at radius 1 is 1.26 bits per heavy atom. The molecule has 5 heteroatoms. The van der Waals surface area contributed by atoms with Gasteiger partial charge in [0, 0.05) is 10.5 Å². The number of nitrogens with two attached hydrogens (primary N) is 1. The molecule has 1 aromatic carbocycles. The normalized spacial score (nSPS) is 12.4. The third-order valence-corrected chi connectivity index (χ3v) is 5.12. The summed E-state index contributed by atoms with van der Waals surface area (Å²) in [6.07, 6.45) is 0.870. The van der Waals surface area contributed by atoms with Crippen LogP contribution in [-0.2, 0) is 13.0 Å². The van der Waals surface area contributed by atoms with Gasteiger partial charge in [-0.3, -0.25) is 0 Å². The zero-order valence-corrected chi connectivity index (χ0v) is 14.5. The lowest BCUT2D eigenvalue weighted by Crippen LogP contribution is -2.17. The van der Waals surface area contributed by atoms with Gasteiger partial charge in [-0.25, -0.2) is 0 Å². The summed E-state index contributed by atoms with van der Waals surface area (Å²) in [6, 6.07) is 8.32. The van der Waals surface area contributed by atoms with Crippen LogP contribution in [0.1, 0.15) is 17.4 Å². The van der Waals surface area contributed by atoms with E-state index in [-0.39, 0.29) is 6.04 Å². The molecule has 0 aliphatic carbocycles. The molecule has 0 saturated heterocycles. The number of thiophene rings is 1. The summed E-state index contributed by atoms with van der Waals surface area (Å²) in [4.78, 5) is 1.19. The molecular weight excluding hydrogens is 390 g/mol. The van der Waals surface area contributed by atoms with Crippen molar-refractivity contribution in [2.24, 2.45) is 5.73 Å². The molecule has 0 saturated carbocycles. The fourth-order valence-electron chi connectivity index (χ4n) is 1.73. The minimum absolute atomic E-state index is 0.167. The highest BCUT2D eigenvalue weighted by atomic mass is 79.9. The van der Waals surface area contributed by atoms with Crippen LogP contribution < -0.4 is 10.5 Å². The van der Waals surface area contributed by atoms with Gasteiger partial charge in [-0.1, -0.05) is 6.07 Å². The van der Waals surface area contributed by atoms with Crippen molar-refractivity contribution >= 4 is 43.2 Å². The largest absolute Gasteiger partial charge is 0.487 e. The molecule has 2 N–H and O–H groups in total. The second kappa shape index (κ2) is 6.88. The molecule has 1 aromatic heterocycles. The van der Waals surface area contributed by atoms with E-state index in [0.29, 0.717) is 6.61 Å². The third-order valence-electron chi connectivity index (χ3n) is 2.60. The first-order valence-corrected chi connectivity index (χ1v) is 8.41. The Balaban J connectivity index is 2.03. The van der Waals surface area contributed by atoms with E-state index in [1.165, 1.54) is 10.4 Å². The minimum Gasteiger partial charge on any atom is -0.487 e. The van der Waals surface area contributed by atoms with E-state index >= 15 is 0 Å². The highest BCUT2D eigenvalue weighted by Gasteiger charge is 2.07. The summed E-state index contributed by atoms with van der Waals surface area (Å²) in [6.45, 7) is 2.58. The van der Waals surface area contributed by atoms with E-state index in [9.17, 15) is 0 Å². The number of hydrogen-bond donors (Lipinski definition) is 1. The number of ether oxygens (including phenoxy) is 1. The van der Waals surface area contributed by atoms with Crippen molar-refractivity contribution in [1.29, 1.82) is 0 Å². The minimum atomic E-state index is 0.167. The third kappa shape index (κ3) is 4.31. The first-order valence-electron chi connectivity index (χ1n) is 5.95. The summed E-state index contributed by atoms with van der Waals surface area (Å²) < 4.78 is 7.89. The number of rotatable bonds is 5. The van der Waals surface area contributed by atoms with Crippen molar-refractivity contribution < 1.29 is 4.74 Å². The van der Waals surface area contributed by atoms with Crippen molar-refractivity contribution in [3.05, 3.63) is 49.0 Å². The van der Waals surface area contributed by atoms with Crippen molar-refractivity contribution in [2.45, 2.75) is 26.0 Å². The highest BCUT2D eigenvalue weighted by Crippen LogP contribution is 2.29. The van der Waals surface area contributed by atoms with Gasteiger partial charge in [0.15, 0.2) is 0 Å². The van der Waals surface area contributed by atoms with Crippen LogP contribution in [0.5, 0.6) is 5.75 Å². The molecule has 1 atom stereocenters. The quantitative estimate of drug-likeness (QED) is 0.780. The Bertz CT molecular complexity index is 554. The maximum Gasteiger partial charge on any atom is 0.134 e. The number of halogens is 2. The Morgan fingerprint density at radius 2 is 2.05 bits per heavy atom. The van der Waals surface area contributed by atoms with Gasteiger partial charge >= 0.3 is 0 Å². The topological polar surface area (TPSA) is 35.2 Å². The molecule has 2 aromatic rings. The summed E-state index contributed by atoms with van der Waals surface area (Å²) in [5, 5.41) is 2.05. The second-order valence-corrected chi connectivity index (χ2v) is 7.14. The molecule has 19 heavy (non-hydrogen) atoms. The van der Waals surface area contributed by atoms with Gasteiger partial charge in [-0.05, 0) is 74.3 Å². The van der Waals surface area contributed by atoms with Crippen LogP contribution in [-0.4, -0.2) is 6.04 Å². The molecule has 0 aliphatic heterocycles. The zero-order chi connectivity index (χ0) is 13.8. The van der Waals surface area contributed by atoms with E-state index < -0.39 is 0 Å². The maximum atomic E-state index is 5.82. The molecule has 0 spiro atoms. The van der Waals surface area contributed by atoms with E-state index in [0.717, 1.165) is 21.1 Å². The Morgan fingerprint density at radius 3 is 2.63 bits per heavy atom. The van der Waals surface area contributed by atoms with Crippen molar-refractivity contribution in [2.75, 3.05) is 0 Å². The maximum absolute atomic E-state index is 5.82. The summed E-state index contributed by atoms with van der Waals surface area (Å²) in [5.41, 5.74) is 7.02. The molecule has 0 radical (unpaired) electrons. The summed E-state index contributed by atoms with van der Waals surface area (Å²) in [7, 11) is 0. The Labute approximate surface area is 134 Å². The van der Waals surface area contributed by atoms with E-state index in [4.69, 9.17) is 10.5 Å². The predicted octanol–water partition coefficient (Wildman–Crippen LogP) is 4.74. The van der Waals surface area contributed by atoms with Crippen molar-refractivity contribution in [1.82, 2.24) is 0 Å². The molecule has 1 heterocycles. The van der Waals surface area contributed by atoms with Gasteiger partial charge in [0.2, 0.25) is 0 Å². The van der Waals surface area contributed by atoms with Gasteiger partial charge in [-0.15, -0.1) is 11.3 Å². The van der Waals surface area contributed by atoms with E-state index in [1.54, 1.807) is 11.3 Å². The van der Waals surface area contributed by atoms with E-state index in [1.807, 2.05) is 24.4 Å². The van der Waals surface area contributed by atoms with Gasteiger partial charge in [0.1, 0.15) is 12.4 Å². The SMILES string of the molecule is CC(N)Cc1ccc(OCc2sccc2Br)c(Br)c1. The first kappa shape index (κ1) is 15.0. The summed E-state index contributed by atoms with van der Waals surface area (Å²) in [5.74, 6) is 0.855. The fourth-order valence-corrected chi connectivity index (χ4v) is 3.65. The van der Waals surface area contributed by atoms with Gasteiger partial charge in [-0.2, -0.15) is 0 Å². The molecular formula is C14H15Br2NOS. The van der Waals surface area contributed by atoms with Crippen LogP contribution in [0.4, 0.5) is 0 Å². The molecule has 2 nitrogen and oxygen atoms in total. The number of benzene rings is 1. The van der Waals surface area contributed by atoms with Crippen molar-refractivity contribution in [3.8, 4) is 5.75 Å². The molecule has 0 amide bonds. The highest BCUT2D eigenvalue weighted by molar-refractivity contribution is 9.10. The molecule has 0 bridgehead atoms. The van der Waals surface area contributed by atoms with Gasteiger partial charge in [0.05, 0.1) is 9.35 Å². The van der Waals surface area contributed by atoms with Crippen LogP contribution >= 0.6 is 43.2 Å². The fraction of sp³-hybridized carbons (Fsp3) is 0.286. The Hall–Kier alpha value is -0.360. The lowest BCUT2D eigenvalue weighted by Gasteiger charge is -2.10. The van der Waals surface area contributed by atoms with Gasteiger partial charge < -0.3 is 10.5 Å². The van der Waals surface area contributed by atoms with Crippen LogP contribution in [0.2, 0.25) is 0 Å². The van der Waals surface area contributed by atoms with Gasteiger partial charge in [0.25, 0.3) is 0 Å². The predicted molar refractivity (Wildman–Crippen MR) is 87.8 cm³/mol. The second-order valence-electron chi connectivity index (χ2n) is 4.43. The molecule has 102 valence electrons. The lowest BCUT2D eigenvalue weighted by atomic mass is 10.1.